The zero-order valence-electron chi connectivity index (χ0n) is 14.6. The molecule has 1 aliphatic heterocycles. The molecule has 1 fully saturated rings. The molecule has 9 heteroatoms. The van der Waals surface area contributed by atoms with Crippen molar-refractivity contribution >= 4 is 11.5 Å². The van der Waals surface area contributed by atoms with Crippen molar-refractivity contribution in [3.63, 3.8) is 0 Å². The number of aromatic nitrogens is 4. The van der Waals surface area contributed by atoms with Gasteiger partial charge < -0.3 is 15.4 Å². The Kier molecular flexibility index (Phi) is 5.10. The predicted molar refractivity (Wildman–Crippen MR) is 97.2 cm³/mol. The molecule has 2 N–H and O–H groups in total. The number of anilines is 1. The quantitative estimate of drug-likeness (QED) is 0.691. The summed E-state index contributed by atoms with van der Waals surface area (Å²) in [5.41, 5.74) is 2.05. The second-order valence-electron chi connectivity index (χ2n) is 6.39. The van der Waals surface area contributed by atoms with Crippen molar-refractivity contribution < 1.29 is 13.5 Å². The van der Waals surface area contributed by atoms with Crippen LogP contribution in [0.2, 0.25) is 0 Å². The van der Waals surface area contributed by atoms with E-state index in [9.17, 15) is 8.78 Å². The third-order valence-corrected chi connectivity index (χ3v) is 4.39. The summed E-state index contributed by atoms with van der Waals surface area (Å²) in [6, 6.07) is 6.09. The van der Waals surface area contributed by atoms with E-state index in [0.717, 1.165) is 43.1 Å². The molecule has 3 aromatic heterocycles. The van der Waals surface area contributed by atoms with Crippen LogP contribution in [0.4, 0.5) is 14.6 Å². The zero-order chi connectivity index (χ0) is 18.6. The molecule has 0 radical (unpaired) electrons. The summed E-state index contributed by atoms with van der Waals surface area (Å²) in [6.07, 6.45) is 4.41. The highest BCUT2D eigenvalue weighted by molar-refractivity contribution is 5.61. The van der Waals surface area contributed by atoms with E-state index in [1.54, 1.807) is 16.8 Å². The van der Waals surface area contributed by atoms with Gasteiger partial charge in [-0.05, 0) is 31.5 Å². The van der Waals surface area contributed by atoms with E-state index in [4.69, 9.17) is 4.74 Å². The fourth-order valence-corrected chi connectivity index (χ4v) is 3.13. The molecule has 0 saturated carbocycles. The first-order valence-electron chi connectivity index (χ1n) is 8.88. The minimum absolute atomic E-state index is 0.115. The van der Waals surface area contributed by atoms with Crippen LogP contribution in [0.25, 0.3) is 17.0 Å². The number of rotatable bonds is 6. The zero-order valence-corrected chi connectivity index (χ0v) is 14.6. The molecule has 4 heterocycles. The van der Waals surface area contributed by atoms with E-state index >= 15 is 0 Å². The topological polar surface area (TPSA) is 76.4 Å². The molecular weight excluding hydrogens is 354 g/mol. The smallest absolute Gasteiger partial charge is 0.272 e. The van der Waals surface area contributed by atoms with Crippen LogP contribution in [0.5, 0.6) is 5.88 Å². The summed E-state index contributed by atoms with van der Waals surface area (Å²) in [7, 11) is 0. The minimum atomic E-state index is -2.55. The van der Waals surface area contributed by atoms with Crippen molar-refractivity contribution in [3.05, 3.63) is 36.8 Å². The van der Waals surface area contributed by atoms with Crippen LogP contribution in [0.3, 0.4) is 0 Å². The fraction of sp³-hybridized carbons (Fsp3) is 0.389. The SMILES string of the molecule is FC(F)COc1cn2c(-c3cccc(N[C@@H]4CCCNC4)n3)cnc2cn1. The second kappa shape index (κ2) is 7.83. The number of halogens is 2. The second-order valence-corrected chi connectivity index (χ2v) is 6.39. The number of nitrogens with one attached hydrogen (secondary N) is 2. The molecule has 3 aromatic rings. The first kappa shape index (κ1) is 17.6. The minimum Gasteiger partial charge on any atom is -0.471 e. The van der Waals surface area contributed by atoms with E-state index in [-0.39, 0.29) is 5.88 Å². The summed E-state index contributed by atoms with van der Waals surface area (Å²) < 4.78 is 31.5. The maximum absolute atomic E-state index is 12.4. The van der Waals surface area contributed by atoms with Gasteiger partial charge in [-0.3, -0.25) is 4.40 Å². The van der Waals surface area contributed by atoms with Gasteiger partial charge in [0.05, 0.1) is 30.0 Å². The van der Waals surface area contributed by atoms with Gasteiger partial charge in [-0.15, -0.1) is 0 Å². The molecule has 0 aromatic carbocycles. The van der Waals surface area contributed by atoms with Gasteiger partial charge in [-0.25, -0.2) is 23.7 Å². The van der Waals surface area contributed by atoms with E-state index < -0.39 is 13.0 Å². The number of imidazole rings is 1. The normalized spacial score (nSPS) is 17.4. The molecule has 142 valence electrons. The van der Waals surface area contributed by atoms with Crippen molar-refractivity contribution in [1.82, 2.24) is 24.7 Å². The Hall–Kier alpha value is -2.81. The molecule has 0 spiro atoms. The van der Waals surface area contributed by atoms with Crippen LogP contribution in [0, 0.1) is 0 Å². The average Bonchev–Trinajstić information content (AvgIpc) is 3.11. The number of ether oxygens (including phenoxy) is 1. The predicted octanol–water partition coefficient (Wildman–Crippen LogP) is 2.60. The van der Waals surface area contributed by atoms with E-state index in [1.165, 1.54) is 6.20 Å². The molecule has 0 unspecified atom stereocenters. The number of fused-ring (bicyclic) bond motifs is 1. The van der Waals surface area contributed by atoms with Crippen LogP contribution in [0.1, 0.15) is 12.8 Å². The highest BCUT2D eigenvalue weighted by Gasteiger charge is 2.14. The van der Waals surface area contributed by atoms with E-state index in [2.05, 4.69) is 25.6 Å². The maximum atomic E-state index is 12.4. The lowest BCUT2D eigenvalue weighted by Crippen LogP contribution is -2.38. The van der Waals surface area contributed by atoms with Crippen LogP contribution in [-0.4, -0.2) is 51.5 Å². The third-order valence-electron chi connectivity index (χ3n) is 4.39. The Labute approximate surface area is 154 Å². The molecule has 4 rings (SSSR count). The van der Waals surface area contributed by atoms with Gasteiger partial charge in [-0.1, -0.05) is 6.07 Å². The number of alkyl halides is 2. The molecular formula is C18H20F2N6O. The Morgan fingerprint density at radius 1 is 1.30 bits per heavy atom. The Morgan fingerprint density at radius 2 is 2.22 bits per heavy atom. The van der Waals surface area contributed by atoms with Crippen molar-refractivity contribution in [1.29, 1.82) is 0 Å². The lowest BCUT2D eigenvalue weighted by molar-refractivity contribution is 0.0793. The lowest BCUT2D eigenvalue weighted by Gasteiger charge is -2.24. The van der Waals surface area contributed by atoms with Crippen molar-refractivity contribution in [2.24, 2.45) is 0 Å². The van der Waals surface area contributed by atoms with Gasteiger partial charge in [0.25, 0.3) is 6.43 Å². The molecule has 1 saturated heterocycles. The number of pyridine rings is 1. The van der Waals surface area contributed by atoms with Crippen molar-refractivity contribution in [2.75, 3.05) is 25.0 Å². The Bertz CT molecular complexity index is 910. The van der Waals surface area contributed by atoms with Gasteiger partial charge in [0.2, 0.25) is 5.88 Å². The van der Waals surface area contributed by atoms with Crippen molar-refractivity contribution in [3.8, 4) is 17.3 Å². The van der Waals surface area contributed by atoms with Gasteiger partial charge in [0.1, 0.15) is 5.82 Å². The molecule has 0 amide bonds. The van der Waals surface area contributed by atoms with Crippen LogP contribution < -0.4 is 15.4 Å². The lowest BCUT2D eigenvalue weighted by atomic mass is 10.1. The number of hydrogen-bond donors (Lipinski definition) is 2. The first-order chi connectivity index (χ1) is 13.2. The van der Waals surface area contributed by atoms with Gasteiger partial charge in [-0.2, -0.15) is 0 Å². The summed E-state index contributed by atoms with van der Waals surface area (Å²) >= 11 is 0. The molecule has 1 atom stereocenters. The monoisotopic (exact) mass is 374 g/mol. The largest absolute Gasteiger partial charge is 0.471 e. The third kappa shape index (κ3) is 4.13. The van der Waals surface area contributed by atoms with Crippen LogP contribution >= 0.6 is 0 Å². The van der Waals surface area contributed by atoms with Crippen LogP contribution in [0.15, 0.2) is 36.8 Å². The summed E-state index contributed by atoms with van der Waals surface area (Å²) in [5.74, 6) is 0.906. The number of piperidine rings is 1. The summed E-state index contributed by atoms with van der Waals surface area (Å²) in [6.45, 7) is 1.27. The van der Waals surface area contributed by atoms with Crippen LogP contribution in [-0.2, 0) is 0 Å². The standard InChI is InChI=1S/C18H20F2N6O/c19-15(20)11-27-18-10-26-14(8-22-17(26)9-23-18)13-4-1-5-16(25-13)24-12-3-2-6-21-7-12/h1,4-5,8-10,12,15,21H,2-3,6-7,11H2,(H,24,25)/t12-/m1/s1. The number of hydrogen-bond acceptors (Lipinski definition) is 6. The first-order valence-corrected chi connectivity index (χ1v) is 8.88. The van der Waals surface area contributed by atoms with Gasteiger partial charge in [0.15, 0.2) is 12.3 Å². The Balaban J connectivity index is 1.59. The maximum Gasteiger partial charge on any atom is 0.272 e. The molecule has 27 heavy (non-hydrogen) atoms. The Morgan fingerprint density at radius 3 is 3.04 bits per heavy atom. The highest BCUT2D eigenvalue weighted by atomic mass is 19.3. The molecule has 1 aliphatic rings. The highest BCUT2D eigenvalue weighted by Crippen LogP contribution is 2.22. The van der Waals surface area contributed by atoms with E-state index in [0.29, 0.717) is 11.7 Å². The van der Waals surface area contributed by atoms with Gasteiger partial charge in [0, 0.05) is 12.6 Å². The fourth-order valence-electron chi connectivity index (χ4n) is 3.13. The summed E-state index contributed by atoms with van der Waals surface area (Å²) in [5, 5.41) is 6.82. The van der Waals surface area contributed by atoms with E-state index in [1.807, 2.05) is 18.2 Å². The van der Waals surface area contributed by atoms with Crippen molar-refractivity contribution in [2.45, 2.75) is 25.3 Å². The average molecular weight is 374 g/mol. The molecule has 7 nitrogen and oxygen atoms in total. The summed E-state index contributed by atoms with van der Waals surface area (Å²) in [4.78, 5) is 13.0. The molecule has 0 aliphatic carbocycles. The van der Waals surface area contributed by atoms with Gasteiger partial charge >= 0.3 is 0 Å². The number of nitrogens with zero attached hydrogens (tertiary/aromatic N) is 4. The molecule has 0 bridgehead atoms.